The second-order valence-electron chi connectivity index (χ2n) is 3.03. The molecular weight excluding hydrogens is 134 g/mol. The monoisotopic (exact) mass is 149 g/mol. The fourth-order valence-electron chi connectivity index (χ4n) is 1.06. The first-order valence-electron chi connectivity index (χ1n) is 4.15. The van der Waals surface area contributed by atoms with Gasteiger partial charge in [-0.2, -0.15) is 0 Å². The lowest BCUT2D eigenvalue weighted by Crippen LogP contribution is -1.88. The van der Waals surface area contributed by atoms with E-state index in [0.29, 0.717) is 0 Å². The van der Waals surface area contributed by atoms with Gasteiger partial charge in [-0.3, -0.25) is 4.99 Å². The van der Waals surface area contributed by atoms with Gasteiger partial charge in [-0.1, -0.05) is 12.2 Å². The zero-order chi connectivity index (χ0) is 8.10. The zero-order valence-corrected chi connectivity index (χ0v) is 7.30. The predicted octanol–water partition coefficient (Wildman–Crippen LogP) is 3.09. The third-order valence-electron chi connectivity index (χ3n) is 1.78. The van der Waals surface area contributed by atoms with Crippen molar-refractivity contribution in [2.75, 3.05) is 0 Å². The molecule has 0 aliphatic carbocycles. The van der Waals surface area contributed by atoms with Crippen LogP contribution < -0.4 is 0 Å². The first-order chi connectivity index (χ1) is 5.29. The van der Waals surface area contributed by atoms with Gasteiger partial charge in [-0.25, -0.2) is 0 Å². The lowest BCUT2D eigenvalue weighted by atomic mass is 10.2. The molecule has 0 saturated heterocycles. The van der Waals surface area contributed by atoms with E-state index in [-0.39, 0.29) is 0 Å². The van der Waals surface area contributed by atoms with Crippen LogP contribution >= 0.6 is 0 Å². The Balaban J connectivity index is 2.72. The van der Waals surface area contributed by atoms with Crippen LogP contribution in [-0.2, 0) is 0 Å². The maximum absolute atomic E-state index is 4.33. The fourth-order valence-corrected chi connectivity index (χ4v) is 1.06. The summed E-state index contributed by atoms with van der Waals surface area (Å²) in [5, 5.41) is 0. The number of allylic oxidation sites excluding steroid dienone is 3. The van der Waals surface area contributed by atoms with Crippen LogP contribution in [0.1, 0.15) is 33.1 Å². The summed E-state index contributed by atoms with van der Waals surface area (Å²) in [5.41, 5.74) is 2.49. The summed E-state index contributed by atoms with van der Waals surface area (Å²) in [6.07, 6.45) is 9.85. The Hall–Kier alpha value is -0.850. The van der Waals surface area contributed by atoms with Crippen molar-refractivity contribution in [1.29, 1.82) is 0 Å². The highest BCUT2D eigenvalue weighted by atomic mass is 14.7. The average Bonchev–Trinajstić information content (AvgIpc) is 2.06. The Labute approximate surface area is 68.5 Å². The Kier molecular flexibility index (Phi) is 3.09. The summed E-state index contributed by atoms with van der Waals surface area (Å²) in [5.74, 6) is 0. The molecule has 11 heavy (non-hydrogen) atoms. The molecule has 0 bridgehead atoms. The summed E-state index contributed by atoms with van der Waals surface area (Å²) < 4.78 is 0. The highest BCUT2D eigenvalue weighted by molar-refractivity contribution is 5.82. The van der Waals surface area contributed by atoms with Crippen LogP contribution in [-0.4, -0.2) is 5.71 Å². The van der Waals surface area contributed by atoms with Gasteiger partial charge in [-0.15, -0.1) is 0 Å². The largest absolute Gasteiger partial charge is 0.266 e. The topological polar surface area (TPSA) is 12.4 Å². The molecule has 0 unspecified atom stereocenters. The van der Waals surface area contributed by atoms with Crippen molar-refractivity contribution in [2.24, 2.45) is 4.99 Å². The van der Waals surface area contributed by atoms with Crippen LogP contribution in [0.5, 0.6) is 0 Å². The van der Waals surface area contributed by atoms with Crippen molar-refractivity contribution in [2.45, 2.75) is 33.1 Å². The maximum atomic E-state index is 4.33. The molecule has 0 radical (unpaired) electrons. The van der Waals surface area contributed by atoms with Crippen molar-refractivity contribution < 1.29 is 0 Å². The van der Waals surface area contributed by atoms with Crippen LogP contribution in [0, 0.1) is 0 Å². The van der Waals surface area contributed by atoms with Gasteiger partial charge >= 0.3 is 0 Å². The molecule has 0 atom stereocenters. The molecule has 0 saturated carbocycles. The van der Waals surface area contributed by atoms with Gasteiger partial charge in [0.1, 0.15) is 0 Å². The Morgan fingerprint density at radius 1 is 1.36 bits per heavy atom. The van der Waals surface area contributed by atoms with Gasteiger partial charge in [0.25, 0.3) is 0 Å². The standard InChI is InChI=1S/C10H15N/c1-9-6-4-3-5-7-10(2)11-8-9/h4,6,8H,3,5,7H2,1-2H3. The molecule has 0 aromatic carbocycles. The molecule has 1 heteroatoms. The number of nitrogens with zero attached hydrogens (tertiary/aromatic N) is 1. The lowest BCUT2D eigenvalue weighted by Gasteiger charge is -1.93. The van der Waals surface area contributed by atoms with Crippen molar-refractivity contribution >= 4 is 5.71 Å². The van der Waals surface area contributed by atoms with Crippen molar-refractivity contribution in [3.05, 3.63) is 23.9 Å². The molecule has 0 spiro atoms. The molecule has 0 fully saturated rings. The third-order valence-corrected chi connectivity index (χ3v) is 1.78. The molecule has 1 nitrogen and oxygen atoms in total. The number of rotatable bonds is 0. The van der Waals surface area contributed by atoms with Crippen LogP contribution in [0.25, 0.3) is 0 Å². The minimum Gasteiger partial charge on any atom is -0.266 e. The van der Waals surface area contributed by atoms with Crippen LogP contribution in [0.3, 0.4) is 0 Å². The smallest absolute Gasteiger partial charge is 0.0296 e. The van der Waals surface area contributed by atoms with Crippen LogP contribution in [0.2, 0.25) is 0 Å². The fraction of sp³-hybridized carbons (Fsp3) is 0.500. The van der Waals surface area contributed by atoms with Gasteiger partial charge in [0.2, 0.25) is 0 Å². The molecule has 0 aromatic heterocycles. The number of hydrogen-bond acceptors (Lipinski definition) is 1. The molecule has 0 aromatic rings. The molecule has 1 aliphatic rings. The summed E-state index contributed by atoms with van der Waals surface area (Å²) in [4.78, 5) is 4.33. The zero-order valence-electron chi connectivity index (χ0n) is 7.30. The van der Waals surface area contributed by atoms with E-state index >= 15 is 0 Å². The summed E-state index contributed by atoms with van der Waals surface area (Å²) in [6.45, 7) is 4.17. The quantitative estimate of drug-likeness (QED) is 0.502. The first kappa shape index (κ1) is 8.25. The maximum Gasteiger partial charge on any atom is 0.0296 e. The van der Waals surface area contributed by atoms with E-state index < -0.39 is 0 Å². The van der Waals surface area contributed by atoms with E-state index in [9.17, 15) is 0 Å². The molecule has 1 heterocycles. The number of hydrogen-bond donors (Lipinski definition) is 0. The molecule has 1 rings (SSSR count). The van der Waals surface area contributed by atoms with Gasteiger partial charge in [0.15, 0.2) is 0 Å². The Morgan fingerprint density at radius 2 is 2.18 bits per heavy atom. The first-order valence-corrected chi connectivity index (χ1v) is 4.15. The van der Waals surface area contributed by atoms with E-state index in [1.54, 1.807) is 0 Å². The van der Waals surface area contributed by atoms with Crippen molar-refractivity contribution in [3.8, 4) is 0 Å². The van der Waals surface area contributed by atoms with Crippen molar-refractivity contribution in [1.82, 2.24) is 0 Å². The molecular formula is C10H15N. The summed E-state index contributed by atoms with van der Waals surface area (Å²) in [6, 6.07) is 0. The van der Waals surface area contributed by atoms with E-state index in [4.69, 9.17) is 0 Å². The summed E-state index contributed by atoms with van der Waals surface area (Å²) >= 11 is 0. The van der Waals surface area contributed by atoms with Gasteiger partial charge in [0, 0.05) is 11.9 Å². The van der Waals surface area contributed by atoms with Gasteiger partial charge in [0.05, 0.1) is 0 Å². The van der Waals surface area contributed by atoms with Crippen molar-refractivity contribution in [3.63, 3.8) is 0 Å². The van der Waals surface area contributed by atoms with E-state index in [1.165, 1.54) is 24.1 Å². The Morgan fingerprint density at radius 3 is 3.00 bits per heavy atom. The highest BCUT2D eigenvalue weighted by Gasteiger charge is 1.92. The minimum absolute atomic E-state index is 1.13. The number of aliphatic imine (C=N–C) groups is 1. The van der Waals surface area contributed by atoms with Crippen LogP contribution in [0.4, 0.5) is 0 Å². The van der Waals surface area contributed by atoms with E-state index in [0.717, 1.165) is 6.42 Å². The molecule has 0 amide bonds. The molecule has 1 aliphatic heterocycles. The second kappa shape index (κ2) is 4.12. The van der Waals surface area contributed by atoms with Gasteiger partial charge in [-0.05, 0) is 38.7 Å². The molecule has 0 N–H and O–H groups in total. The Bertz CT molecular complexity index is 209. The van der Waals surface area contributed by atoms with E-state index in [1.807, 2.05) is 6.20 Å². The molecule has 60 valence electrons. The minimum atomic E-state index is 1.13. The normalized spacial score (nSPS) is 19.5. The van der Waals surface area contributed by atoms with Gasteiger partial charge < -0.3 is 0 Å². The lowest BCUT2D eigenvalue weighted by molar-refractivity contribution is 0.892. The second-order valence-corrected chi connectivity index (χ2v) is 3.03. The van der Waals surface area contributed by atoms with E-state index in [2.05, 4.69) is 31.0 Å². The highest BCUT2D eigenvalue weighted by Crippen LogP contribution is 2.05. The predicted molar refractivity (Wildman–Crippen MR) is 49.9 cm³/mol. The van der Waals surface area contributed by atoms with Crippen LogP contribution in [0.15, 0.2) is 28.9 Å². The summed E-state index contributed by atoms with van der Waals surface area (Å²) in [7, 11) is 0. The SMILES string of the molecule is CC1=CN=C(C)CCCC=C1. The average molecular weight is 149 g/mol. The third kappa shape index (κ3) is 3.17.